The van der Waals surface area contributed by atoms with Gasteiger partial charge in [-0.25, -0.2) is 8.42 Å². The maximum Gasteiger partial charge on any atom is 0.233 e. The summed E-state index contributed by atoms with van der Waals surface area (Å²) in [6.45, 7) is 5.73. The highest BCUT2D eigenvalue weighted by Crippen LogP contribution is 2.21. The van der Waals surface area contributed by atoms with E-state index in [9.17, 15) is 8.42 Å². The minimum absolute atomic E-state index is 0.0397. The third-order valence-electron chi connectivity index (χ3n) is 2.11. The molecule has 0 aliphatic rings. The predicted molar refractivity (Wildman–Crippen MR) is 85.6 cm³/mol. The number of rotatable bonds is 6. The molecule has 0 heterocycles. The Bertz CT molecular complexity index is 578. The van der Waals surface area contributed by atoms with Gasteiger partial charge in [-0.3, -0.25) is 4.72 Å². The first kappa shape index (κ1) is 16.7. The van der Waals surface area contributed by atoms with Crippen LogP contribution >= 0.6 is 12.2 Å². The second kappa shape index (κ2) is 6.41. The highest BCUT2D eigenvalue weighted by Gasteiger charge is 2.21. The summed E-state index contributed by atoms with van der Waals surface area (Å²) in [5.41, 5.74) is 5.48. The molecule has 0 spiro atoms. The van der Waals surface area contributed by atoms with Crippen molar-refractivity contribution in [3.8, 4) is 5.75 Å². The molecule has 3 N–H and O–H groups in total. The van der Waals surface area contributed by atoms with Crippen LogP contribution in [-0.2, 0) is 10.0 Å². The number of thiocarbonyl (C=S) groups is 1. The molecule has 1 rings (SSSR count). The van der Waals surface area contributed by atoms with E-state index < -0.39 is 10.0 Å². The van der Waals surface area contributed by atoms with Crippen LogP contribution in [0.1, 0.15) is 20.8 Å². The van der Waals surface area contributed by atoms with Gasteiger partial charge in [0.1, 0.15) is 17.3 Å². The lowest BCUT2D eigenvalue weighted by Crippen LogP contribution is -2.26. The Balaban J connectivity index is 2.78. The van der Waals surface area contributed by atoms with Crippen molar-refractivity contribution in [1.82, 2.24) is 0 Å². The van der Waals surface area contributed by atoms with Gasteiger partial charge < -0.3 is 10.5 Å². The Morgan fingerprint density at radius 1 is 1.40 bits per heavy atom. The van der Waals surface area contributed by atoms with Gasteiger partial charge in [0.05, 0.1) is 11.4 Å². The molecule has 0 bridgehead atoms. The molecule has 20 heavy (non-hydrogen) atoms. The molecule has 0 saturated carbocycles. The van der Waals surface area contributed by atoms with Crippen molar-refractivity contribution in [3.05, 3.63) is 24.3 Å². The fraction of sp³-hybridized carbons (Fsp3) is 0.462. The van der Waals surface area contributed by atoms with E-state index in [0.29, 0.717) is 11.4 Å². The Kier molecular flexibility index (Phi) is 5.35. The predicted octanol–water partition coefficient (Wildman–Crippen LogP) is 2.14. The van der Waals surface area contributed by atoms with Crippen LogP contribution in [0.5, 0.6) is 5.75 Å². The van der Waals surface area contributed by atoms with Crippen molar-refractivity contribution in [2.24, 2.45) is 11.1 Å². The standard InChI is InChI=1S/C13H20N2O3S2/c1-13(2,3)9-20(16,17)15-10-5-4-6-11(7-10)18-8-12(14)19/h4-7,15H,8-9H2,1-3H3,(H2,14,19). The molecular formula is C13H20N2O3S2. The van der Waals surface area contributed by atoms with Crippen LogP contribution in [0.4, 0.5) is 5.69 Å². The zero-order chi connectivity index (χ0) is 15.4. The Morgan fingerprint density at radius 2 is 2.05 bits per heavy atom. The summed E-state index contributed by atoms with van der Waals surface area (Å²) >= 11 is 4.72. The highest BCUT2D eigenvalue weighted by molar-refractivity contribution is 7.92. The van der Waals surface area contributed by atoms with Crippen molar-refractivity contribution in [2.45, 2.75) is 20.8 Å². The van der Waals surface area contributed by atoms with E-state index in [4.69, 9.17) is 22.7 Å². The van der Waals surface area contributed by atoms with E-state index in [2.05, 4.69) is 4.72 Å². The van der Waals surface area contributed by atoms with Gasteiger partial charge in [0, 0.05) is 6.07 Å². The smallest absolute Gasteiger partial charge is 0.233 e. The zero-order valence-corrected chi connectivity index (χ0v) is 13.5. The number of sulfonamides is 1. The number of benzene rings is 1. The summed E-state index contributed by atoms with van der Waals surface area (Å²) in [6.07, 6.45) is 0. The topological polar surface area (TPSA) is 81.4 Å². The maximum atomic E-state index is 12.0. The first-order chi connectivity index (χ1) is 9.07. The van der Waals surface area contributed by atoms with Crippen molar-refractivity contribution in [1.29, 1.82) is 0 Å². The third-order valence-corrected chi connectivity index (χ3v) is 4.02. The average molecular weight is 316 g/mol. The quantitative estimate of drug-likeness (QED) is 0.786. The monoisotopic (exact) mass is 316 g/mol. The van der Waals surface area contributed by atoms with Crippen LogP contribution in [0.2, 0.25) is 0 Å². The van der Waals surface area contributed by atoms with Crippen LogP contribution in [0.3, 0.4) is 0 Å². The molecule has 0 unspecified atom stereocenters. The average Bonchev–Trinajstić information content (AvgIpc) is 2.22. The van der Waals surface area contributed by atoms with Gasteiger partial charge in [0.25, 0.3) is 0 Å². The number of ether oxygens (including phenoxy) is 1. The number of hydrogen-bond acceptors (Lipinski definition) is 4. The first-order valence-electron chi connectivity index (χ1n) is 6.09. The van der Waals surface area contributed by atoms with Gasteiger partial charge in [-0.2, -0.15) is 0 Å². The SMILES string of the molecule is CC(C)(C)CS(=O)(=O)Nc1cccc(OCC(N)=S)c1. The summed E-state index contributed by atoms with van der Waals surface area (Å²) in [7, 11) is -3.40. The molecule has 5 nitrogen and oxygen atoms in total. The molecular weight excluding hydrogens is 296 g/mol. The molecule has 0 fully saturated rings. The van der Waals surface area contributed by atoms with Crippen LogP contribution in [0.15, 0.2) is 24.3 Å². The second-order valence-electron chi connectivity index (χ2n) is 5.70. The second-order valence-corrected chi connectivity index (χ2v) is 7.95. The van der Waals surface area contributed by atoms with E-state index in [1.165, 1.54) is 0 Å². The summed E-state index contributed by atoms with van der Waals surface area (Å²) < 4.78 is 31.9. The highest BCUT2D eigenvalue weighted by atomic mass is 32.2. The lowest BCUT2D eigenvalue weighted by Gasteiger charge is -2.19. The van der Waals surface area contributed by atoms with Crippen LogP contribution in [-0.4, -0.2) is 25.8 Å². The molecule has 0 radical (unpaired) electrons. The molecule has 112 valence electrons. The van der Waals surface area contributed by atoms with Gasteiger partial charge in [-0.1, -0.05) is 39.1 Å². The maximum absolute atomic E-state index is 12.0. The third kappa shape index (κ3) is 6.72. The van der Waals surface area contributed by atoms with Crippen molar-refractivity contribution >= 4 is 32.9 Å². The van der Waals surface area contributed by atoms with E-state index in [0.717, 1.165) is 0 Å². The molecule has 0 amide bonds. The van der Waals surface area contributed by atoms with Gasteiger partial charge in [0.15, 0.2) is 0 Å². The molecule has 7 heteroatoms. The molecule has 0 aliphatic carbocycles. The fourth-order valence-electron chi connectivity index (χ4n) is 1.59. The van der Waals surface area contributed by atoms with Crippen LogP contribution < -0.4 is 15.2 Å². The van der Waals surface area contributed by atoms with Crippen molar-refractivity contribution < 1.29 is 13.2 Å². The zero-order valence-electron chi connectivity index (χ0n) is 11.8. The van der Waals surface area contributed by atoms with Crippen LogP contribution in [0, 0.1) is 5.41 Å². The van der Waals surface area contributed by atoms with Gasteiger partial charge >= 0.3 is 0 Å². The van der Waals surface area contributed by atoms with Crippen molar-refractivity contribution in [3.63, 3.8) is 0 Å². The Labute approximate surface area is 125 Å². The molecule has 1 aromatic carbocycles. The van der Waals surface area contributed by atoms with Crippen molar-refractivity contribution in [2.75, 3.05) is 17.1 Å². The van der Waals surface area contributed by atoms with Gasteiger partial charge in [-0.05, 0) is 17.5 Å². The summed E-state index contributed by atoms with van der Waals surface area (Å²) in [6, 6.07) is 6.66. The number of hydrogen-bond donors (Lipinski definition) is 2. The summed E-state index contributed by atoms with van der Waals surface area (Å²) in [4.78, 5) is 0.240. The normalized spacial score (nSPS) is 11.9. The number of anilines is 1. The molecule has 0 atom stereocenters. The Hall–Kier alpha value is -1.34. The molecule has 0 saturated heterocycles. The minimum atomic E-state index is -3.40. The minimum Gasteiger partial charge on any atom is -0.486 e. The fourth-order valence-corrected chi connectivity index (χ4v) is 3.35. The summed E-state index contributed by atoms with van der Waals surface area (Å²) in [5.74, 6) is 0.548. The van der Waals surface area contributed by atoms with E-state index >= 15 is 0 Å². The van der Waals surface area contributed by atoms with Gasteiger partial charge in [-0.15, -0.1) is 0 Å². The van der Waals surface area contributed by atoms with E-state index in [1.807, 2.05) is 20.8 Å². The van der Waals surface area contributed by atoms with E-state index in [1.54, 1.807) is 24.3 Å². The lowest BCUT2D eigenvalue weighted by molar-refractivity contribution is 0.378. The number of nitrogens with two attached hydrogens (primary N) is 1. The largest absolute Gasteiger partial charge is 0.486 e. The number of nitrogens with one attached hydrogen (secondary N) is 1. The molecule has 0 aliphatic heterocycles. The van der Waals surface area contributed by atoms with Gasteiger partial charge in [0.2, 0.25) is 10.0 Å². The van der Waals surface area contributed by atoms with E-state index in [-0.39, 0.29) is 22.8 Å². The molecule has 0 aromatic heterocycles. The lowest BCUT2D eigenvalue weighted by atomic mass is 10.0. The molecule has 1 aromatic rings. The summed E-state index contributed by atoms with van der Waals surface area (Å²) in [5, 5.41) is 0. The Morgan fingerprint density at radius 3 is 2.60 bits per heavy atom. The first-order valence-corrected chi connectivity index (χ1v) is 8.15. The van der Waals surface area contributed by atoms with Crippen LogP contribution in [0.25, 0.3) is 0 Å².